The maximum absolute atomic E-state index is 12.2. The van der Waals surface area contributed by atoms with Crippen molar-refractivity contribution in [1.82, 2.24) is 0 Å². The zero-order chi connectivity index (χ0) is 19.1. The van der Waals surface area contributed by atoms with Crippen molar-refractivity contribution in [3.8, 4) is 11.5 Å². The Labute approximate surface area is 160 Å². The van der Waals surface area contributed by atoms with Crippen LogP contribution in [0, 0.1) is 0 Å². The number of esters is 1. The summed E-state index contributed by atoms with van der Waals surface area (Å²) in [5, 5.41) is 3.31. The van der Waals surface area contributed by atoms with E-state index in [0.717, 1.165) is 0 Å². The first-order valence-corrected chi connectivity index (χ1v) is 8.37. The lowest BCUT2D eigenvalue weighted by Gasteiger charge is -2.16. The monoisotopic (exact) mass is 397 g/mol. The van der Waals surface area contributed by atoms with E-state index in [1.54, 1.807) is 49.4 Å². The van der Waals surface area contributed by atoms with Gasteiger partial charge in [0.05, 0.1) is 12.1 Å². The first-order chi connectivity index (χ1) is 12.4. The van der Waals surface area contributed by atoms with Gasteiger partial charge in [-0.05, 0) is 43.3 Å². The summed E-state index contributed by atoms with van der Waals surface area (Å²) >= 11 is 12.0. The second-order valence-corrected chi connectivity index (χ2v) is 5.98. The number of nitrogens with one attached hydrogen (secondary N) is 1. The summed E-state index contributed by atoms with van der Waals surface area (Å²) in [5.41, 5.74) is 0.549. The third-order valence-electron chi connectivity index (χ3n) is 3.30. The number of amides is 1. The summed E-state index contributed by atoms with van der Waals surface area (Å²) in [7, 11) is 1.28. The van der Waals surface area contributed by atoms with E-state index >= 15 is 0 Å². The van der Waals surface area contributed by atoms with Gasteiger partial charge >= 0.3 is 5.97 Å². The second kappa shape index (κ2) is 9.31. The molecule has 0 fully saturated rings. The number of carbonyl (C=O) groups is 2. The predicted molar refractivity (Wildman–Crippen MR) is 99.1 cm³/mol. The zero-order valence-electron chi connectivity index (χ0n) is 14.1. The molecule has 0 bridgehead atoms. The molecule has 0 aromatic heterocycles. The number of methoxy groups -OCH3 is 1. The predicted octanol–water partition coefficient (Wildman–Crippen LogP) is 3.95. The molecule has 0 radical (unpaired) electrons. The van der Waals surface area contributed by atoms with Crippen LogP contribution in [0.25, 0.3) is 0 Å². The highest BCUT2D eigenvalue weighted by Crippen LogP contribution is 2.32. The van der Waals surface area contributed by atoms with Gasteiger partial charge in [-0.2, -0.15) is 0 Å². The normalized spacial score (nSPS) is 11.4. The van der Waals surface area contributed by atoms with Gasteiger partial charge in [0.25, 0.3) is 5.91 Å². The van der Waals surface area contributed by atoms with Crippen LogP contribution in [-0.4, -0.2) is 31.7 Å². The van der Waals surface area contributed by atoms with Crippen LogP contribution in [0.3, 0.4) is 0 Å². The summed E-state index contributed by atoms with van der Waals surface area (Å²) in [6, 6.07) is 11.5. The Morgan fingerprint density at radius 3 is 2.46 bits per heavy atom. The van der Waals surface area contributed by atoms with Gasteiger partial charge in [-0.15, -0.1) is 0 Å². The molecular formula is C18H17Cl2NO5. The van der Waals surface area contributed by atoms with Crippen molar-refractivity contribution in [2.24, 2.45) is 0 Å². The quantitative estimate of drug-likeness (QED) is 0.715. The molecule has 6 nitrogen and oxygen atoms in total. The third kappa shape index (κ3) is 5.54. The second-order valence-electron chi connectivity index (χ2n) is 5.19. The van der Waals surface area contributed by atoms with Gasteiger partial charge in [0.2, 0.25) is 0 Å². The molecule has 0 aliphatic heterocycles. The lowest BCUT2D eigenvalue weighted by molar-refractivity contribution is -0.142. The Morgan fingerprint density at radius 2 is 1.81 bits per heavy atom. The van der Waals surface area contributed by atoms with Crippen LogP contribution in [0.4, 0.5) is 5.69 Å². The molecule has 1 atom stereocenters. The summed E-state index contributed by atoms with van der Waals surface area (Å²) < 4.78 is 15.3. The van der Waals surface area contributed by atoms with Crippen molar-refractivity contribution in [3.05, 3.63) is 52.5 Å². The Morgan fingerprint density at radius 1 is 1.12 bits per heavy atom. The molecule has 26 heavy (non-hydrogen) atoms. The number of rotatable bonds is 7. The first-order valence-electron chi connectivity index (χ1n) is 7.62. The van der Waals surface area contributed by atoms with Gasteiger partial charge < -0.3 is 19.5 Å². The third-order valence-corrected chi connectivity index (χ3v) is 4.10. The fraction of sp³-hybridized carbons (Fsp3) is 0.222. The highest BCUT2D eigenvalue weighted by molar-refractivity contribution is 6.42. The molecule has 138 valence electrons. The van der Waals surface area contributed by atoms with Crippen molar-refractivity contribution in [2.75, 3.05) is 19.0 Å². The van der Waals surface area contributed by atoms with Crippen molar-refractivity contribution in [1.29, 1.82) is 0 Å². The maximum Gasteiger partial charge on any atom is 0.343 e. The van der Waals surface area contributed by atoms with Crippen LogP contribution in [0.15, 0.2) is 42.5 Å². The minimum atomic E-state index is -0.791. The molecule has 0 aliphatic carbocycles. The SMILES string of the molecule is COC(=O)COc1ccc(NC(=O)C(C)Oc2cccc(Cl)c2Cl)cc1. The fourth-order valence-electron chi connectivity index (χ4n) is 1.90. The molecule has 0 aliphatic rings. The average Bonchev–Trinajstić information content (AvgIpc) is 2.64. The van der Waals surface area contributed by atoms with Gasteiger partial charge in [-0.3, -0.25) is 4.79 Å². The number of carbonyl (C=O) groups excluding carboxylic acids is 2. The topological polar surface area (TPSA) is 73.9 Å². The molecule has 2 aromatic rings. The van der Waals surface area contributed by atoms with Crippen LogP contribution in [0.2, 0.25) is 10.0 Å². The van der Waals surface area contributed by atoms with E-state index in [1.807, 2.05) is 0 Å². The molecule has 1 amide bonds. The molecule has 0 heterocycles. The van der Waals surface area contributed by atoms with Gasteiger partial charge in [0.1, 0.15) is 16.5 Å². The van der Waals surface area contributed by atoms with Gasteiger partial charge in [0.15, 0.2) is 12.7 Å². The van der Waals surface area contributed by atoms with Gasteiger partial charge in [-0.25, -0.2) is 4.79 Å². The van der Waals surface area contributed by atoms with Crippen LogP contribution in [-0.2, 0) is 14.3 Å². The highest BCUT2D eigenvalue weighted by Gasteiger charge is 2.17. The Balaban J connectivity index is 1.92. The van der Waals surface area contributed by atoms with E-state index in [2.05, 4.69) is 10.1 Å². The molecule has 0 saturated heterocycles. The largest absolute Gasteiger partial charge is 0.482 e. The van der Waals surface area contributed by atoms with Crippen molar-refractivity contribution in [3.63, 3.8) is 0 Å². The van der Waals surface area contributed by atoms with Crippen LogP contribution in [0.5, 0.6) is 11.5 Å². The van der Waals surface area contributed by atoms with Gasteiger partial charge in [0, 0.05) is 5.69 Å². The van der Waals surface area contributed by atoms with E-state index in [0.29, 0.717) is 22.2 Å². The minimum absolute atomic E-state index is 0.187. The molecule has 0 spiro atoms. The molecule has 8 heteroatoms. The highest BCUT2D eigenvalue weighted by atomic mass is 35.5. The summed E-state index contributed by atoms with van der Waals surface area (Å²) in [5.74, 6) is -0.0333. The first kappa shape index (κ1) is 19.9. The number of ether oxygens (including phenoxy) is 3. The average molecular weight is 398 g/mol. The molecule has 1 N–H and O–H groups in total. The van der Waals surface area contributed by atoms with E-state index in [-0.39, 0.29) is 17.5 Å². The number of hydrogen-bond acceptors (Lipinski definition) is 5. The molecule has 2 rings (SSSR count). The Bertz CT molecular complexity index is 780. The molecular weight excluding hydrogens is 381 g/mol. The lowest BCUT2D eigenvalue weighted by atomic mass is 10.2. The van der Waals surface area contributed by atoms with Crippen LogP contribution >= 0.6 is 23.2 Å². The van der Waals surface area contributed by atoms with Crippen molar-refractivity contribution < 1.29 is 23.8 Å². The number of benzene rings is 2. The van der Waals surface area contributed by atoms with Crippen LogP contribution in [0.1, 0.15) is 6.92 Å². The van der Waals surface area contributed by atoms with Crippen LogP contribution < -0.4 is 14.8 Å². The fourth-order valence-corrected chi connectivity index (χ4v) is 2.23. The van der Waals surface area contributed by atoms with E-state index < -0.39 is 12.1 Å². The van der Waals surface area contributed by atoms with E-state index in [9.17, 15) is 9.59 Å². The molecule has 2 aromatic carbocycles. The number of hydrogen-bond donors (Lipinski definition) is 1. The maximum atomic E-state index is 12.2. The number of halogens is 2. The lowest BCUT2D eigenvalue weighted by Crippen LogP contribution is -2.30. The number of anilines is 1. The smallest absolute Gasteiger partial charge is 0.343 e. The van der Waals surface area contributed by atoms with Gasteiger partial charge in [-0.1, -0.05) is 29.3 Å². The standard InChI is InChI=1S/C18H17Cl2NO5/c1-11(26-15-5-3-4-14(19)17(15)20)18(23)21-12-6-8-13(9-7-12)25-10-16(22)24-2/h3-9,11H,10H2,1-2H3,(H,21,23). The summed E-state index contributed by atoms with van der Waals surface area (Å²) in [6.07, 6.45) is -0.791. The molecule has 1 unspecified atom stereocenters. The summed E-state index contributed by atoms with van der Waals surface area (Å²) in [4.78, 5) is 23.3. The van der Waals surface area contributed by atoms with E-state index in [1.165, 1.54) is 7.11 Å². The Hall–Kier alpha value is -2.44. The Kier molecular flexibility index (Phi) is 7.12. The van der Waals surface area contributed by atoms with E-state index in [4.69, 9.17) is 32.7 Å². The minimum Gasteiger partial charge on any atom is -0.482 e. The summed E-state index contributed by atoms with van der Waals surface area (Å²) in [6.45, 7) is 1.41. The molecule has 0 saturated carbocycles. The van der Waals surface area contributed by atoms with Crippen molar-refractivity contribution in [2.45, 2.75) is 13.0 Å². The van der Waals surface area contributed by atoms with Crippen molar-refractivity contribution >= 4 is 40.8 Å². The zero-order valence-corrected chi connectivity index (χ0v) is 15.6.